The molecule has 6 heteroatoms. The van der Waals surface area contributed by atoms with E-state index >= 15 is 0 Å². The first-order valence-corrected chi connectivity index (χ1v) is 7.76. The molecule has 1 rings (SSSR count). The molecule has 1 atom stereocenters. The predicted molar refractivity (Wildman–Crippen MR) is 68.1 cm³/mol. The summed E-state index contributed by atoms with van der Waals surface area (Å²) >= 11 is 3.23. The summed E-state index contributed by atoms with van der Waals surface area (Å²) in [5.41, 5.74) is 0.979. The molecule has 1 N–H and O–H groups in total. The Hall–Kier alpha value is -0.460. The lowest BCUT2D eigenvalue weighted by molar-refractivity contribution is 0.570. The van der Waals surface area contributed by atoms with Crippen molar-refractivity contribution in [3.63, 3.8) is 0 Å². The highest BCUT2D eigenvalue weighted by Crippen LogP contribution is 2.01. The van der Waals surface area contributed by atoms with Gasteiger partial charge in [0, 0.05) is 23.8 Å². The molecule has 0 spiro atoms. The maximum Gasteiger partial charge on any atom is 0.212 e. The van der Waals surface area contributed by atoms with Crippen LogP contribution in [-0.2, 0) is 16.4 Å². The van der Waals surface area contributed by atoms with E-state index in [1.807, 2.05) is 19.1 Å². The summed E-state index contributed by atoms with van der Waals surface area (Å²) < 4.78 is 25.8. The number of halogens is 1. The number of nitrogens with one attached hydrogen (secondary N) is 1. The van der Waals surface area contributed by atoms with E-state index in [1.165, 1.54) is 0 Å². The SMILES string of the molecule is CC(CBr)NS(=O)(=O)CCc1ccncc1. The number of alkyl halides is 1. The second-order valence-corrected chi connectivity index (χ2v) is 6.12. The fourth-order valence-corrected chi connectivity index (χ4v) is 2.89. The van der Waals surface area contributed by atoms with Gasteiger partial charge in [-0.2, -0.15) is 0 Å². The van der Waals surface area contributed by atoms with Crippen molar-refractivity contribution < 1.29 is 8.42 Å². The standard InChI is InChI=1S/C10H15BrN2O2S/c1-9(8-11)13-16(14,15)7-4-10-2-5-12-6-3-10/h2-3,5-6,9,13H,4,7-8H2,1H3. The van der Waals surface area contributed by atoms with E-state index in [0.29, 0.717) is 11.8 Å². The van der Waals surface area contributed by atoms with Gasteiger partial charge in [-0.3, -0.25) is 4.98 Å². The van der Waals surface area contributed by atoms with E-state index in [9.17, 15) is 8.42 Å². The van der Waals surface area contributed by atoms with E-state index < -0.39 is 10.0 Å². The quantitative estimate of drug-likeness (QED) is 0.807. The monoisotopic (exact) mass is 306 g/mol. The molecule has 0 radical (unpaired) electrons. The smallest absolute Gasteiger partial charge is 0.212 e. The van der Waals surface area contributed by atoms with Gasteiger partial charge < -0.3 is 0 Å². The molecule has 0 amide bonds. The van der Waals surface area contributed by atoms with Gasteiger partial charge in [-0.05, 0) is 31.0 Å². The van der Waals surface area contributed by atoms with Gasteiger partial charge in [0.2, 0.25) is 10.0 Å². The third-order valence-corrected chi connectivity index (χ3v) is 4.50. The third-order valence-electron chi connectivity index (χ3n) is 2.02. The van der Waals surface area contributed by atoms with E-state index in [-0.39, 0.29) is 11.8 Å². The average molecular weight is 307 g/mol. The topological polar surface area (TPSA) is 59.1 Å². The number of hydrogen-bond donors (Lipinski definition) is 1. The molecule has 1 heterocycles. The number of hydrogen-bond acceptors (Lipinski definition) is 3. The Labute approximate surface area is 105 Å². The largest absolute Gasteiger partial charge is 0.265 e. The van der Waals surface area contributed by atoms with Crippen LogP contribution in [0.2, 0.25) is 0 Å². The van der Waals surface area contributed by atoms with Crippen molar-refractivity contribution >= 4 is 26.0 Å². The number of pyridine rings is 1. The Bertz CT molecular complexity index is 408. The first kappa shape index (κ1) is 13.6. The number of nitrogens with zero attached hydrogens (tertiary/aromatic N) is 1. The number of aromatic nitrogens is 1. The van der Waals surface area contributed by atoms with Crippen molar-refractivity contribution in [1.82, 2.24) is 9.71 Å². The predicted octanol–water partition coefficient (Wildman–Crippen LogP) is 1.33. The highest BCUT2D eigenvalue weighted by atomic mass is 79.9. The zero-order valence-electron chi connectivity index (χ0n) is 9.06. The summed E-state index contributed by atoms with van der Waals surface area (Å²) in [6.07, 6.45) is 3.83. The van der Waals surface area contributed by atoms with Gasteiger partial charge in [0.15, 0.2) is 0 Å². The van der Waals surface area contributed by atoms with Gasteiger partial charge in [-0.1, -0.05) is 15.9 Å². The van der Waals surface area contributed by atoms with Crippen LogP contribution in [0.3, 0.4) is 0 Å². The Morgan fingerprint density at radius 2 is 2.06 bits per heavy atom. The Balaban J connectivity index is 2.49. The summed E-state index contributed by atoms with van der Waals surface area (Å²) in [6, 6.07) is 3.56. The normalized spacial score (nSPS) is 13.6. The molecule has 0 aromatic carbocycles. The van der Waals surface area contributed by atoms with E-state index in [0.717, 1.165) is 5.56 Å². The van der Waals surface area contributed by atoms with Gasteiger partial charge in [-0.15, -0.1) is 0 Å². The lowest BCUT2D eigenvalue weighted by Crippen LogP contribution is -2.35. The highest BCUT2D eigenvalue weighted by Gasteiger charge is 2.13. The maximum absolute atomic E-state index is 11.6. The van der Waals surface area contributed by atoms with Crippen molar-refractivity contribution in [2.24, 2.45) is 0 Å². The molecule has 4 nitrogen and oxygen atoms in total. The van der Waals surface area contributed by atoms with Crippen LogP contribution in [0, 0.1) is 0 Å². The molecule has 0 saturated carbocycles. The number of sulfonamides is 1. The van der Waals surface area contributed by atoms with E-state index in [2.05, 4.69) is 25.6 Å². The van der Waals surface area contributed by atoms with Crippen LogP contribution in [0.1, 0.15) is 12.5 Å². The van der Waals surface area contributed by atoms with Crippen LogP contribution in [-0.4, -0.2) is 30.5 Å². The zero-order chi connectivity index (χ0) is 12.0. The van der Waals surface area contributed by atoms with Gasteiger partial charge in [-0.25, -0.2) is 13.1 Å². The Morgan fingerprint density at radius 3 is 2.62 bits per heavy atom. The van der Waals surface area contributed by atoms with Crippen LogP contribution in [0.5, 0.6) is 0 Å². The van der Waals surface area contributed by atoms with Crippen LogP contribution in [0.25, 0.3) is 0 Å². The average Bonchev–Trinajstić information content (AvgIpc) is 2.27. The van der Waals surface area contributed by atoms with Crippen molar-refractivity contribution in [3.05, 3.63) is 30.1 Å². The minimum absolute atomic E-state index is 0.0811. The zero-order valence-corrected chi connectivity index (χ0v) is 11.5. The molecule has 1 aromatic heterocycles. The fraction of sp³-hybridized carbons (Fsp3) is 0.500. The van der Waals surface area contributed by atoms with Crippen molar-refractivity contribution in [2.75, 3.05) is 11.1 Å². The van der Waals surface area contributed by atoms with Gasteiger partial charge in [0.05, 0.1) is 5.75 Å². The summed E-state index contributed by atoms with van der Waals surface area (Å²) in [5.74, 6) is 0.106. The van der Waals surface area contributed by atoms with Gasteiger partial charge >= 0.3 is 0 Å². The molecule has 0 aliphatic carbocycles. The molecule has 16 heavy (non-hydrogen) atoms. The lowest BCUT2D eigenvalue weighted by atomic mass is 10.2. The molecule has 0 aliphatic rings. The Kier molecular flexibility index (Phi) is 5.37. The van der Waals surface area contributed by atoms with Crippen LogP contribution in [0.15, 0.2) is 24.5 Å². The molecule has 0 fully saturated rings. The minimum atomic E-state index is -3.19. The van der Waals surface area contributed by atoms with Crippen LogP contribution < -0.4 is 4.72 Å². The van der Waals surface area contributed by atoms with E-state index in [1.54, 1.807) is 12.4 Å². The highest BCUT2D eigenvalue weighted by molar-refractivity contribution is 9.09. The molecule has 0 aliphatic heterocycles. The first-order chi connectivity index (χ1) is 7.53. The number of rotatable bonds is 6. The summed E-state index contributed by atoms with van der Waals surface area (Å²) in [5, 5.41) is 0.613. The minimum Gasteiger partial charge on any atom is -0.265 e. The summed E-state index contributed by atoms with van der Waals surface area (Å²) in [6.45, 7) is 1.82. The maximum atomic E-state index is 11.6. The van der Waals surface area contributed by atoms with Crippen LogP contribution >= 0.6 is 15.9 Å². The molecule has 90 valence electrons. The summed E-state index contributed by atoms with van der Waals surface area (Å²) in [4.78, 5) is 3.88. The van der Waals surface area contributed by atoms with Gasteiger partial charge in [0.25, 0.3) is 0 Å². The van der Waals surface area contributed by atoms with Crippen LogP contribution in [0.4, 0.5) is 0 Å². The first-order valence-electron chi connectivity index (χ1n) is 4.98. The Morgan fingerprint density at radius 1 is 1.44 bits per heavy atom. The number of aryl methyl sites for hydroxylation is 1. The van der Waals surface area contributed by atoms with Gasteiger partial charge in [0.1, 0.15) is 0 Å². The van der Waals surface area contributed by atoms with Crippen molar-refractivity contribution in [3.8, 4) is 0 Å². The molecular formula is C10H15BrN2O2S. The molecular weight excluding hydrogens is 292 g/mol. The second kappa shape index (κ2) is 6.32. The molecule has 1 aromatic rings. The molecule has 0 saturated heterocycles. The summed E-state index contributed by atoms with van der Waals surface area (Å²) in [7, 11) is -3.19. The lowest BCUT2D eigenvalue weighted by Gasteiger charge is -2.11. The van der Waals surface area contributed by atoms with Crippen molar-refractivity contribution in [1.29, 1.82) is 0 Å². The molecule has 0 bridgehead atoms. The van der Waals surface area contributed by atoms with E-state index in [4.69, 9.17) is 0 Å². The van der Waals surface area contributed by atoms with Crippen molar-refractivity contribution in [2.45, 2.75) is 19.4 Å². The molecule has 1 unspecified atom stereocenters. The fourth-order valence-electron chi connectivity index (χ4n) is 1.20. The third kappa shape index (κ3) is 5.05. The second-order valence-electron chi connectivity index (χ2n) is 3.60.